The summed E-state index contributed by atoms with van der Waals surface area (Å²) in [7, 11) is 0. The van der Waals surface area contributed by atoms with Gasteiger partial charge in [0.1, 0.15) is 11.6 Å². The highest BCUT2D eigenvalue weighted by atomic mass is 16.5. The number of hydrogen-bond donors (Lipinski definition) is 2. The van der Waals surface area contributed by atoms with E-state index >= 15 is 0 Å². The molecule has 0 aliphatic carbocycles. The molecule has 0 aliphatic rings. The molecule has 21 heavy (non-hydrogen) atoms. The molecule has 0 amide bonds. The van der Waals surface area contributed by atoms with Crippen LogP contribution in [0.3, 0.4) is 0 Å². The maximum Gasteiger partial charge on any atom is 0.341 e. The van der Waals surface area contributed by atoms with E-state index in [0.29, 0.717) is 11.6 Å². The fourth-order valence-electron chi connectivity index (χ4n) is 1.57. The number of carboxylic acid groups (broad SMARTS) is 1. The van der Waals surface area contributed by atoms with Crippen LogP contribution in [-0.2, 0) is 4.79 Å². The Bertz CT molecular complexity index is 624. The average Bonchev–Trinajstić information content (AvgIpc) is 2.52. The minimum absolute atomic E-state index is 0.354. The zero-order chi connectivity index (χ0) is 15.1. The average molecular weight is 285 g/mol. The van der Waals surface area contributed by atoms with E-state index in [1.54, 1.807) is 18.3 Å². The number of hydrazone groups is 1. The normalized spacial score (nSPS) is 11.0. The van der Waals surface area contributed by atoms with Gasteiger partial charge in [0, 0.05) is 6.20 Å². The molecule has 2 aromatic rings. The third-order valence-corrected chi connectivity index (χ3v) is 2.64. The van der Waals surface area contributed by atoms with Crippen LogP contribution in [0.2, 0.25) is 0 Å². The van der Waals surface area contributed by atoms with Crippen molar-refractivity contribution in [1.82, 2.24) is 4.98 Å². The Balaban J connectivity index is 1.99. The number of anilines is 1. The summed E-state index contributed by atoms with van der Waals surface area (Å²) in [4.78, 5) is 14.5. The second-order valence-electron chi connectivity index (χ2n) is 4.23. The van der Waals surface area contributed by atoms with Crippen molar-refractivity contribution in [2.75, 3.05) is 12.0 Å². The van der Waals surface area contributed by atoms with Crippen molar-refractivity contribution in [2.24, 2.45) is 5.10 Å². The van der Waals surface area contributed by atoms with Crippen LogP contribution in [0.5, 0.6) is 5.75 Å². The molecule has 0 unspecified atom stereocenters. The second-order valence-corrected chi connectivity index (χ2v) is 4.23. The zero-order valence-electron chi connectivity index (χ0n) is 11.5. The highest BCUT2D eigenvalue weighted by Crippen LogP contribution is 2.13. The van der Waals surface area contributed by atoms with Crippen LogP contribution < -0.4 is 10.2 Å². The van der Waals surface area contributed by atoms with Crippen molar-refractivity contribution in [2.45, 2.75) is 6.92 Å². The molecule has 2 N–H and O–H groups in total. The first-order valence-corrected chi connectivity index (χ1v) is 6.31. The molecule has 108 valence electrons. The van der Waals surface area contributed by atoms with E-state index in [2.05, 4.69) is 15.5 Å². The zero-order valence-corrected chi connectivity index (χ0v) is 11.5. The first-order valence-electron chi connectivity index (χ1n) is 6.31. The molecule has 0 saturated carbocycles. The molecule has 6 nitrogen and oxygen atoms in total. The number of pyridine rings is 1. The van der Waals surface area contributed by atoms with Gasteiger partial charge < -0.3 is 9.84 Å². The topological polar surface area (TPSA) is 83.8 Å². The summed E-state index contributed by atoms with van der Waals surface area (Å²) in [6.45, 7) is 1.51. The van der Waals surface area contributed by atoms with Crippen molar-refractivity contribution in [3.8, 4) is 5.75 Å². The van der Waals surface area contributed by atoms with Crippen LogP contribution >= 0.6 is 0 Å². The lowest BCUT2D eigenvalue weighted by atomic mass is 10.1. The van der Waals surface area contributed by atoms with Gasteiger partial charge in [-0.25, -0.2) is 9.78 Å². The summed E-state index contributed by atoms with van der Waals surface area (Å²) < 4.78 is 5.07. The van der Waals surface area contributed by atoms with Crippen molar-refractivity contribution < 1.29 is 14.6 Å². The number of nitrogens with zero attached hydrogens (tertiary/aromatic N) is 2. The summed E-state index contributed by atoms with van der Waals surface area (Å²) in [5, 5.41) is 12.8. The Hall–Kier alpha value is -2.89. The number of aromatic nitrogens is 1. The molecule has 0 spiro atoms. The van der Waals surface area contributed by atoms with Crippen LogP contribution in [-0.4, -0.2) is 28.4 Å². The van der Waals surface area contributed by atoms with Gasteiger partial charge in [-0.1, -0.05) is 6.07 Å². The molecule has 0 saturated heterocycles. The van der Waals surface area contributed by atoms with Crippen molar-refractivity contribution in [1.29, 1.82) is 0 Å². The predicted molar refractivity (Wildman–Crippen MR) is 79.6 cm³/mol. The van der Waals surface area contributed by atoms with E-state index in [-0.39, 0.29) is 6.61 Å². The maximum atomic E-state index is 10.4. The van der Waals surface area contributed by atoms with Crippen LogP contribution in [0.4, 0.5) is 5.82 Å². The van der Waals surface area contributed by atoms with Gasteiger partial charge >= 0.3 is 5.97 Å². The molecule has 0 aliphatic heterocycles. The number of ether oxygens (including phenoxy) is 1. The number of aliphatic carboxylic acids is 1. The van der Waals surface area contributed by atoms with Crippen LogP contribution in [0.25, 0.3) is 0 Å². The number of nitrogens with one attached hydrogen (secondary N) is 1. The lowest BCUT2D eigenvalue weighted by molar-refractivity contribution is -0.139. The molecule has 0 bridgehead atoms. The number of rotatable bonds is 6. The number of hydrogen-bond acceptors (Lipinski definition) is 5. The van der Waals surface area contributed by atoms with E-state index in [1.165, 1.54) is 0 Å². The largest absolute Gasteiger partial charge is 0.482 e. The Morgan fingerprint density at radius 3 is 2.67 bits per heavy atom. The van der Waals surface area contributed by atoms with E-state index in [4.69, 9.17) is 9.84 Å². The Morgan fingerprint density at radius 2 is 2.05 bits per heavy atom. The minimum Gasteiger partial charge on any atom is -0.482 e. The van der Waals surface area contributed by atoms with E-state index in [1.807, 2.05) is 37.3 Å². The summed E-state index contributed by atoms with van der Waals surface area (Å²) in [5.74, 6) is 0.168. The third-order valence-electron chi connectivity index (χ3n) is 2.64. The van der Waals surface area contributed by atoms with E-state index < -0.39 is 5.97 Å². The molecule has 0 atom stereocenters. The van der Waals surface area contributed by atoms with E-state index in [9.17, 15) is 4.79 Å². The van der Waals surface area contributed by atoms with Gasteiger partial charge in [-0.3, -0.25) is 5.43 Å². The molecular formula is C15H15N3O3. The quantitative estimate of drug-likeness (QED) is 0.629. The van der Waals surface area contributed by atoms with Gasteiger partial charge in [0.05, 0.1) is 5.71 Å². The fourth-order valence-corrected chi connectivity index (χ4v) is 1.57. The van der Waals surface area contributed by atoms with E-state index in [0.717, 1.165) is 11.3 Å². The first kappa shape index (κ1) is 14.5. The maximum absolute atomic E-state index is 10.4. The Kier molecular flexibility index (Phi) is 4.87. The van der Waals surface area contributed by atoms with Gasteiger partial charge in [0.15, 0.2) is 6.61 Å². The Morgan fingerprint density at radius 1 is 1.29 bits per heavy atom. The predicted octanol–water partition coefficient (Wildman–Crippen LogP) is 2.38. The SMILES string of the molecule is C/C(=N/Nc1ccccn1)c1ccc(OCC(=O)O)cc1. The lowest BCUT2D eigenvalue weighted by Crippen LogP contribution is -2.09. The summed E-state index contributed by atoms with van der Waals surface area (Å²) >= 11 is 0. The first-order chi connectivity index (χ1) is 10.1. The minimum atomic E-state index is -1.00. The molecule has 2 rings (SSSR count). The van der Waals surface area contributed by atoms with Crippen LogP contribution in [0.15, 0.2) is 53.8 Å². The van der Waals surface area contributed by atoms with Gasteiger partial charge in [0.25, 0.3) is 0 Å². The summed E-state index contributed by atoms with van der Waals surface area (Å²) in [5.41, 5.74) is 4.55. The summed E-state index contributed by atoms with van der Waals surface area (Å²) in [6.07, 6.45) is 1.68. The number of carboxylic acids is 1. The molecule has 1 aromatic carbocycles. The monoisotopic (exact) mass is 285 g/mol. The lowest BCUT2D eigenvalue weighted by Gasteiger charge is -2.05. The van der Waals surface area contributed by atoms with Gasteiger partial charge in [0.2, 0.25) is 0 Å². The highest BCUT2D eigenvalue weighted by Gasteiger charge is 2.01. The Labute approximate surface area is 122 Å². The van der Waals surface area contributed by atoms with Crippen molar-refractivity contribution in [3.05, 3.63) is 54.2 Å². The molecule has 1 aromatic heterocycles. The molecule has 0 fully saturated rings. The second kappa shape index (κ2) is 7.04. The third kappa shape index (κ3) is 4.61. The van der Waals surface area contributed by atoms with Crippen molar-refractivity contribution in [3.63, 3.8) is 0 Å². The highest BCUT2D eigenvalue weighted by molar-refractivity contribution is 5.99. The number of benzene rings is 1. The molecule has 0 radical (unpaired) electrons. The smallest absolute Gasteiger partial charge is 0.341 e. The van der Waals surface area contributed by atoms with Gasteiger partial charge in [-0.15, -0.1) is 0 Å². The number of carbonyl (C=O) groups is 1. The standard InChI is InChI=1S/C15H15N3O3/c1-11(17-18-14-4-2-3-9-16-14)12-5-7-13(8-6-12)21-10-15(19)20/h2-9H,10H2,1H3,(H,16,18)(H,19,20)/b17-11-. The molecule has 6 heteroatoms. The van der Waals surface area contributed by atoms with Gasteiger partial charge in [-0.2, -0.15) is 5.10 Å². The van der Waals surface area contributed by atoms with Crippen molar-refractivity contribution >= 4 is 17.5 Å². The van der Waals surface area contributed by atoms with Gasteiger partial charge in [-0.05, 0) is 48.9 Å². The summed E-state index contributed by atoms with van der Waals surface area (Å²) in [6, 6.07) is 12.6. The molecular weight excluding hydrogens is 270 g/mol. The molecule has 1 heterocycles. The van der Waals surface area contributed by atoms with Crippen LogP contribution in [0.1, 0.15) is 12.5 Å². The van der Waals surface area contributed by atoms with Crippen LogP contribution in [0, 0.1) is 0 Å². The fraction of sp³-hybridized carbons (Fsp3) is 0.133.